The maximum absolute atomic E-state index is 11.3. The maximum atomic E-state index is 11.3. The smallest absolute Gasteiger partial charge is 0.408 e. The number of aromatic nitrogens is 1. The molecule has 0 amide bonds. The van der Waals surface area contributed by atoms with Gasteiger partial charge in [0.2, 0.25) is 0 Å². The van der Waals surface area contributed by atoms with Crippen LogP contribution in [0.15, 0.2) is 33.5 Å². The van der Waals surface area contributed by atoms with Crippen molar-refractivity contribution in [2.45, 2.75) is 13.0 Å². The topological polar surface area (TPSA) is 35.1 Å². The molecule has 67 valence electrons. The Kier molecular flexibility index (Phi) is 1.93. The fourth-order valence-corrected chi connectivity index (χ4v) is 1.38. The second-order valence-corrected chi connectivity index (χ2v) is 2.84. The molecule has 1 aromatic heterocycles. The van der Waals surface area contributed by atoms with E-state index in [9.17, 15) is 4.79 Å². The van der Waals surface area contributed by atoms with E-state index in [0.717, 1.165) is 5.52 Å². The minimum atomic E-state index is -0.301. The van der Waals surface area contributed by atoms with Crippen molar-refractivity contribution in [3.05, 3.63) is 41.7 Å². The van der Waals surface area contributed by atoms with Crippen LogP contribution in [0.25, 0.3) is 11.1 Å². The third-order valence-corrected chi connectivity index (χ3v) is 1.96. The molecule has 0 fully saturated rings. The Hall–Kier alpha value is -1.51. The van der Waals surface area contributed by atoms with Gasteiger partial charge in [0.05, 0.1) is 5.52 Å². The summed E-state index contributed by atoms with van der Waals surface area (Å²) in [7, 11) is 0. The predicted octanol–water partition coefficient (Wildman–Crippen LogP) is 1.82. The molecular formula is C10H10NO2. The van der Waals surface area contributed by atoms with Crippen molar-refractivity contribution in [1.29, 1.82) is 0 Å². The van der Waals surface area contributed by atoms with Crippen LogP contribution >= 0.6 is 0 Å². The summed E-state index contributed by atoms with van der Waals surface area (Å²) in [6, 6.07) is 7.39. The van der Waals surface area contributed by atoms with Gasteiger partial charge in [0, 0.05) is 6.54 Å². The molecular weight excluding hydrogens is 166 g/mol. The van der Waals surface area contributed by atoms with Crippen LogP contribution in [0.2, 0.25) is 0 Å². The molecule has 0 aliphatic heterocycles. The van der Waals surface area contributed by atoms with Crippen molar-refractivity contribution in [2.24, 2.45) is 0 Å². The van der Waals surface area contributed by atoms with Crippen molar-refractivity contribution >= 4 is 11.1 Å². The normalized spacial score (nSPS) is 10.8. The van der Waals surface area contributed by atoms with Crippen LogP contribution in [-0.2, 0) is 6.54 Å². The third-order valence-electron chi connectivity index (χ3n) is 1.96. The number of fused-ring (bicyclic) bond motifs is 1. The summed E-state index contributed by atoms with van der Waals surface area (Å²) in [5.74, 6) is -0.301. The number of nitrogens with zero attached hydrogens (tertiary/aromatic N) is 1. The van der Waals surface area contributed by atoms with E-state index in [1.807, 2.05) is 18.2 Å². The molecule has 3 heteroatoms. The summed E-state index contributed by atoms with van der Waals surface area (Å²) >= 11 is 0. The van der Waals surface area contributed by atoms with E-state index in [-0.39, 0.29) is 5.76 Å². The van der Waals surface area contributed by atoms with Crippen molar-refractivity contribution in [3.63, 3.8) is 0 Å². The van der Waals surface area contributed by atoms with Gasteiger partial charge in [-0.05, 0) is 18.6 Å². The van der Waals surface area contributed by atoms with Crippen LogP contribution < -0.4 is 5.76 Å². The molecule has 13 heavy (non-hydrogen) atoms. The number of para-hydroxylation sites is 2. The quantitative estimate of drug-likeness (QED) is 0.699. The number of hydrogen-bond donors (Lipinski definition) is 0. The van der Waals surface area contributed by atoms with Crippen molar-refractivity contribution < 1.29 is 4.42 Å². The highest BCUT2D eigenvalue weighted by Crippen LogP contribution is 2.11. The third kappa shape index (κ3) is 1.26. The molecule has 0 unspecified atom stereocenters. The minimum Gasteiger partial charge on any atom is -0.408 e. The van der Waals surface area contributed by atoms with Gasteiger partial charge in [-0.25, -0.2) is 4.79 Å². The Labute approximate surface area is 75.6 Å². The second-order valence-electron chi connectivity index (χ2n) is 2.84. The molecule has 0 aliphatic rings. The number of aryl methyl sites for hydroxylation is 1. The van der Waals surface area contributed by atoms with Gasteiger partial charge in [-0.1, -0.05) is 19.1 Å². The first-order chi connectivity index (χ1) is 6.33. The number of oxazole rings is 1. The Balaban J connectivity index is 2.71. The van der Waals surface area contributed by atoms with E-state index >= 15 is 0 Å². The van der Waals surface area contributed by atoms with E-state index in [1.165, 1.54) is 0 Å². The van der Waals surface area contributed by atoms with Gasteiger partial charge < -0.3 is 4.42 Å². The lowest BCUT2D eigenvalue weighted by Gasteiger charge is -1.96. The van der Waals surface area contributed by atoms with Gasteiger partial charge in [0.15, 0.2) is 5.58 Å². The van der Waals surface area contributed by atoms with E-state index in [2.05, 4.69) is 6.92 Å². The molecule has 0 bridgehead atoms. The van der Waals surface area contributed by atoms with E-state index < -0.39 is 0 Å². The lowest BCUT2D eigenvalue weighted by Crippen LogP contribution is -2.13. The molecule has 3 nitrogen and oxygen atoms in total. The van der Waals surface area contributed by atoms with Gasteiger partial charge >= 0.3 is 5.76 Å². The van der Waals surface area contributed by atoms with Crippen molar-refractivity contribution in [1.82, 2.24) is 4.57 Å². The summed E-state index contributed by atoms with van der Waals surface area (Å²) in [5, 5.41) is 0. The molecule has 1 radical (unpaired) electrons. The SMILES string of the molecule is [CH2]CCn1c(=O)oc2ccccc21. The lowest BCUT2D eigenvalue weighted by molar-refractivity contribution is 0.506. The van der Waals surface area contributed by atoms with Crippen LogP contribution in [-0.4, -0.2) is 4.57 Å². The first kappa shape index (κ1) is 8.10. The van der Waals surface area contributed by atoms with Crippen molar-refractivity contribution in [2.75, 3.05) is 0 Å². The fourth-order valence-electron chi connectivity index (χ4n) is 1.38. The fraction of sp³-hybridized carbons (Fsp3) is 0.200. The molecule has 0 spiro atoms. The van der Waals surface area contributed by atoms with Crippen LogP contribution in [0.1, 0.15) is 6.42 Å². The van der Waals surface area contributed by atoms with Gasteiger partial charge in [-0.15, -0.1) is 0 Å². The van der Waals surface area contributed by atoms with Crippen LogP contribution in [0.4, 0.5) is 0 Å². The lowest BCUT2D eigenvalue weighted by atomic mass is 10.3. The van der Waals surface area contributed by atoms with Crippen molar-refractivity contribution in [3.8, 4) is 0 Å². The first-order valence-corrected chi connectivity index (χ1v) is 4.20. The van der Waals surface area contributed by atoms with Gasteiger partial charge in [0.1, 0.15) is 0 Å². The second kappa shape index (κ2) is 3.09. The Morgan fingerprint density at radius 1 is 1.38 bits per heavy atom. The molecule has 1 aromatic carbocycles. The summed E-state index contributed by atoms with van der Waals surface area (Å²) in [6.45, 7) is 4.31. The zero-order valence-electron chi connectivity index (χ0n) is 7.19. The Morgan fingerprint density at radius 2 is 2.15 bits per heavy atom. The van der Waals surface area contributed by atoms with E-state index in [4.69, 9.17) is 4.42 Å². The summed E-state index contributed by atoms with van der Waals surface area (Å²) < 4.78 is 6.63. The number of benzene rings is 1. The average Bonchev–Trinajstić information content (AvgIpc) is 2.44. The highest BCUT2D eigenvalue weighted by atomic mass is 16.4. The zero-order valence-corrected chi connectivity index (χ0v) is 7.19. The Morgan fingerprint density at radius 3 is 2.92 bits per heavy atom. The molecule has 0 atom stereocenters. The van der Waals surface area contributed by atoms with Gasteiger partial charge in [0.25, 0.3) is 0 Å². The summed E-state index contributed by atoms with van der Waals surface area (Å²) in [6.07, 6.45) is 0.684. The van der Waals surface area contributed by atoms with E-state index in [1.54, 1.807) is 10.6 Å². The van der Waals surface area contributed by atoms with Gasteiger partial charge in [-0.2, -0.15) is 0 Å². The highest BCUT2D eigenvalue weighted by Gasteiger charge is 2.05. The number of rotatable bonds is 2. The molecule has 1 heterocycles. The van der Waals surface area contributed by atoms with Crippen LogP contribution in [0.5, 0.6) is 0 Å². The number of hydrogen-bond acceptors (Lipinski definition) is 2. The summed E-state index contributed by atoms with van der Waals surface area (Å²) in [5.41, 5.74) is 1.48. The molecule has 2 aromatic rings. The Bertz CT molecular complexity index is 467. The van der Waals surface area contributed by atoms with E-state index in [0.29, 0.717) is 18.5 Å². The van der Waals surface area contributed by atoms with Crippen LogP contribution in [0, 0.1) is 6.92 Å². The molecule has 0 N–H and O–H groups in total. The van der Waals surface area contributed by atoms with Gasteiger partial charge in [-0.3, -0.25) is 4.57 Å². The summed E-state index contributed by atoms with van der Waals surface area (Å²) in [4.78, 5) is 11.3. The highest BCUT2D eigenvalue weighted by molar-refractivity contribution is 5.72. The molecule has 0 saturated heterocycles. The first-order valence-electron chi connectivity index (χ1n) is 4.20. The minimum absolute atomic E-state index is 0.301. The molecule has 2 rings (SSSR count). The monoisotopic (exact) mass is 176 g/mol. The standard InChI is InChI=1S/C10H10NO2/c1-2-7-11-8-5-3-4-6-9(8)13-10(11)12/h3-6H,1-2,7H2. The maximum Gasteiger partial charge on any atom is 0.419 e. The molecule has 0 saturated carbocycles. The predicted molar refractivity (Wildman–Crippen MR) is 50.4 cm³/mol. The average molecular weight is 176 g/mol. The largest absolute Gasteiger partial charge is 0.419 e. The zero-order chi connectivity index (χ0) is 9.26. The molecule has 0 aliphatic carbocycles. The van der Waals surface area contributed by atoms with Crippen LogP contribution in [0.3, 0.4) is 0 Å².